The van der Waals surface area contributed by atoms with E-state index in [4.69, 9.17) is 9.47 Å². The molecule has 2 aromatic rings. The molecule has 0 spiro atoms. The van der Waals surface area contributed by atoms with E-state index >= 15 is 0 Å². The molecule has 0 bridgehead atoms. The van der Waals surface area contributed by atoms with Crippen molar-refractivity contribution in [2.75, 3.05) is 11.9 Å². The highest BCUT2D eigenvalue weighted by atomic mass is 16.5. The zero-order valence-electron chi connectivity index (χ0n) is 12.5. The Morgan fingerprint density at radius 2 is 1.91 bits per heavy atom. The Bertz CT molecular complexity index is 625. The van der Waals surface area contributed by atoms with Crippen LogP contribution in [0.25, 0.3) is 0 Å². The number of para-hydroxylation sites is 1. The number of benzene rings is 2. The molecular formula is C18H19NO3. The lowest BCUT2D eigenvalue weighted by Crippen LogP contribution is -2.30. The molecule has 2 rings (SSSR count). The Labute approximate surface area is 130 Å². The zero-order valence-corrected chi connectivity index (χ0v) is 12.5. The number of nitrogens with one attached hydrogen (secondary N) is 1. The molecule has 114 valence electrons. The molecule has 2 aromatic carbocycles. The van der Waals surface area contributed by atoms with E-state index in [-0.39, 0.29) is 5.91 Å². The van der Waals surface area contributed by atoms with Crippen LogP contribution in [0.1, 0.15) is 6.92 Å². The molecule has 4 heteroatoms. The Kier molecular flexibility index (Phi) is 5.60. The number of carbonyl (C=O) groups is 1. The first-order valence-corrected chi connectivity index (χ1v) is 7.05. The van der Waals surface area contributed by atoms with Crippen molar-refractivity contribution in [2.24, 2.45) is 0 Å². The van der Waals surface area contributed by atoms with Crippen molar-refractivity contribution in [1.82, 2.24) is 0 Å². The van der Waals surface area contributed by atoms with E-state index in [1.165, 1.54) is 0 Å². The highest BCUT2D eigenvalue weighted by Crippen LogP contribution is 2.18. The van der Waals surface area contributed by atoms with Crippen LogP contribution >= 0.6 is 0 Å². The van der Waals surface area contributed by atoms with Crippen molar-refractivity contribution in [2.45, 2.75) is 13.0 Å². The van der Waals surface area contributed by atoms with E-state index in [0.29, 0.717) is 23.8 Å². The fourth-order valence-electron chi connectivity index (χ4n) is 1.82. The lowest BCUT2D eigenvalue weighted by molar-refractivity contribution is -0.122. The molecule has 0 saturated carbocycles. The normalized spacial score (nSPS) is 11.3. The van der Waals surface area contributed by atoms with Gasteiger partial charge in [0.25, 0.3) is 5.91 Å². The molecule has 0 radical (unpaired) electrons. The maximum Gasteiger partial charge on any atom is 0.265 e. The van der Waals surface area contributed by atoms with Crippen LogP contribution < -0.4 is 14.8 Å². The maximum absolute atomic E-state index is 12.1. The van der Waals surface area contributed by atoms with Crippen LogP contribution in [0.2, 0.25) is 0 Å². The highest BCUT2D eigenvalue weighted by molar-refractivity contribution is 5.94. The number of carbonyl (C=O) groups excluding carboxylic acids is 1. The van der Waals surface area contributed by atoms with Gasteiger partial charge in [-0.2, -0.15) is 0 Å². The number of hydrogen-bond donors (Lipinski definition) is 1. The number of hydrogen-bond acceptors (Lipinski definition) is 3. The van der Waals surface area contributed by atoms with Gasteiger partial charge in [0.15, 0.2) is 6.10 Å². The predicted octanol–water partition coefficient (Wildman–Crippen LogP) is 3.66. The summed E-state index contributed by atoms with van der Waals surface area (Å²) in [6.45, 7) is 5.73. The molecular weight excluding hydrogens is 278 g/mol. The second-order valence-electron chi connectivity index (χ2n) is 4.69. The third-order valence-electron chi connectivity index (χ3n) is 2.89. The van der Waals surface area contributed by atoms with Gasteiger partial charge in [-0.15, -0.1) is 0 Å². The third kappa shape index (κ3) is 4.66. The lowest BCUT2D eigenvalue weighted by Gasteiger charge is -2.15. The monoisotopic (exact) mass is 297 g/mol. The van der Waals surface area contributed by atoms with Crippen LogP contribution in [0.5, 0.6) is 11.5 Å². The second-order valence-corrected chi connectivity index (χ2v) is 4.69. The van der Waals surface area contributed by atoms with Crippen molar-refractivity contribution in [3.05, 3.63) is 67.3 Å². The molecule has 4 nitrogen and oxygen atoms in total. The van der Waals surface area contributed by atoms with Gasteiger partial charge in [0.1, 0.15) is 18.1 Å². The molecule has 0 aliphatic rings. The summed E-state index contributed by atoms with van der Waals surface area (Å²) in [4.78, 5) is 12.1. The summed E-state index contributed by atoms with van der Waals surface area (Å²) in [6.07, 6.45) is 1.07. The molecule has 1 amide bonds. The highest BCUT2D eigenvalue weighted by Gasteiger charge is 2.14. The summed E-state index contributed by atoms with van der Waals surface area (Å²) < 4.78 is 11.0. The van der Waals surface area contributed by atoms with Crippen LogP contribution in [-0.4, -0.2) is 18.6 Å². The Morgan fingerprint density at radius 1 is 1.18 bits per heavy atom. The molecule has 1 unspecified atom stereocenters. The average molecular weight is 297 g/mol. The number of rotatable bonds is 7. The minimum Gasteiger partial charge on any atom is -0.489 e. The summed E-state index contributed by atoms with van der Waals surface area (Å²) in [5.74, 6) is 1.12. The standard InChI is InChI=1S/C18H19NO3/c1-3-12-21-17-11-7-8-15(13-17)19-18(20)14(2)22-16-9-5-4-6-10-16/h3-11,13-14H,1,12H2,2H3,(H,19,20). The smallest absolute Gasteiger partial charge is 0.265 e. The van der Waals surface area contributed by atoms with Crippen LogP contribution in [0.3, 0.4) is 0 Å². The largest absolute Gasteiger partial charge is 0.489 e. The first kappa shape index (κ1) is 15.6. The summed E-state index contributed by atoms with van der Waals surface area (Å²) in [7, 11) is 0. The van der Waals surface area contributed by atoms with Crippen LogP contribution in [0.15, 0.2) is 67.3 Å². The SMILES string of the molecule is C=CCOc1cccc(NC(=O)C(C)Oc2ccccc2)c1. The van der Waals surface area contributed by atoms with Gasteiger partial charge in [0.05, 0.1) is 0 Å². The van der Waals surface area contributed by atoms with Crippen molar-refractivity contribution in [1.29, 1.82) is 0 Å². The van der Waals surface area contributed by atoms with Crippen molar-refractivity contribution in [3.63, 3.8) is 0 Å². The lowest BCUT2D eigenvalue weighted by atomic mass is 10.2. The van der Waals surface area contributed by atoms with Gasteiger partial charge in [-0.3, -0.25) is 4.79 Å². The summed E-state index contributed by atoms with van der Waals surface area (Å²) in [5, 5.41) is 2.81. The summed E-state index contributed by atoms with van der Waals surface area (Å²) >= 11 is 0. The summed E-state index contributed by atoms with van der Waals surface area (Å²) in [6, 6.07) is 16.4. The van der Waals surface area contributed by atoms with Gasteiger partial charge >= 0.3 is 0 Å². The first-order valence-electron chi connectivity index (χ1n) is 7.05. The fraction of sp³-hybridized carbons (Fsp3) is 0.167. The van der Waals surface area contributed by atoms with E-state index in [1.54, 1.807) is 25.1 Å². The zero-order chi connectivity index (χ0) is 15.8. The average Bonchev–Trinajstić information content (AvgIpc) is 2.54. The minimum absolute atomic E-state index is 0.218. The number of amides is 1. The third-order valence-corrected chi connectivity index (χ3v) is 2.89. The second kappa shape index (κ2) is 7.88. The summed E-state index contributed by atoms with van der Waals surface area (Å²) in [5.41, 5.74) is 0.662. The first-order chi connectivity index (χ1) is 10.7. The molecule has 1 atom stereocenters. The number of ether oxygens (including phenoxy) is 2. The van der Waals surface area contributed by atoms with Crippen molar-refractivity contribution >= 4 is 11.6 Å². The van der Waals surface area contributed by atoms with E-state index in [0.717, 1.165) is 0 Å². The van der Waals surface area contributed by atoms with Crippen molar-refractivity contribution in [3.8, 4) is 11.5 Å². The molecule has 0 aliphatic heterocycles. The quantitative estimate of drug-likeness (QED) is 0.793. The molecule has 0 aromatic heterocycles. The van der Waals surface area contributed by atoms with E-state index in [1.807, 2.05) is 42.5 Å². The number of anilines is 1. The molecule has 22 heavy (non-hydrogen) atoms. The van der Waals surface area contributed by atoms with Crippen LogP contribution in [0.4, 0.5) is 5.69 Å². The molecule has 1 N–H and O–H groups in total. The fourth-order valence-corrected chi connectivity index (χ4v) is 1.82. The van der Waals surface area contributed by atoms with Gasteiger partial charge in [0.2, 0.25) is 0 Å². The molecule has 0 heterocycles. The van der Waals surface area contributed by atoms with Crippen molar-refractivity contribution < 1.29 is 14.3 Å². The van der Waals surface area contributed by atoms with E-state index in [2.05, 4.69) is 11.9 Å². The predicted molar refractivity (Wildman–Crippen MR) is 87.3 cm³/mol. The van der Waals surface area contributed by atoms with E-state index in [9.17, 15) is 4.79 Å². The topological polar surface area (TPSA) is 47.6 Å². The Hall–Kier alpha value is -2.75. The van der Waals surface area contributed by atoms with Crippen LogP contribution in [-0.2, 0) is 4.79 Å². The molecule has 0 saturated heterocycles. The van der Waals surface area contributed by atoms with Gasteiger partial charge in [-0.25, -0.2) is 0 Å². The van der Waals surface area contributed by atoms with Gasteiger partial charge < -0.3 is 14.8 Å². The maximum atomic E-state index is 12.1. The van der Waals surface area contributed by atoms with Gasteiger partial charge in [0, 0.05) is 11.8 Å². The molecule has 0 aliphatic carbocycles. The Morgan fingerprint density at radius 3 is 2.64 bits per heavy atom. The Balaban J connectivity index is 1.94. The minimum atomic E-state index is -0.597. The van der Waals surface area contributed by atoms with Gasteiger partial charge in [-0.1, -0.05) is 36.9 Å². The van der Waals surface area contributed by atoms with Gasteiger partial charge in [-0.05, 0) is 31.2 Å². The van der Waals surface area contributed by atoms with Crippen LogP contribution in [0, 0.1) is 0 Å². The molecule has 0 fully saturated rings. The van der Waals surface area contributed by atoms with E-state index < -0.39 is 6.10 Å².